The summed E-state index contributed by atoms with van der Waals surface area (Å²) in [6.07, 6.45) is 1.90. The number of anilines is 1. The Bertz CT molecular complexity index is 506. The lowest BCUT2D eigenvalue weighted by atomic mass is 10.3. The molecule has 2 rings (SSSR count). The summed E-state index contributed by atoms with van der Waals surface area (Å²) in [6, 6.07) is 0. The van der Waals surface area contributed by atoms with Crippen molar-refractivity contribution in [1.29, 1.82) is 0 Å². The molecule has 0 amide bonds. The van der Waals surface area contributed by atoms with Crippen LogP contribution in [0.5, 0.6) is 0 Å². The number of hydrogen-bond acceptors (Lipinski definition) is 3. The molecule has 0 spiro atoms. The molecule has 0 fully saturated rings. The van der Waals surface area contributed by atoms with Gasteiger partial charge in [0.05, 0.1) is 23.0 Å². The first-order valence-electron chi connectivity index (χ1n) is 4.96. The fourth-order valence-electron chi connectivity index (χ4n) is 1.62. The van der Waals surface area contributed by atoms with Crippen LogP contribution in [0.15, 0.2) is 6.20 Å². The van der Waals surface area contributed by atoms with Gasteiger partial charge in [0.25, 0.3) is 0 Å². The molecule has 0 saturated carbocycles. The molecule has 0 atom stereocenters. The minimum Gasteiger partial charge on any atom is -0.382 e. The number of nitrogens with zero attached hydrogens (tertiary/aromatic N) is 4. The van der Waals surface area contributed by atoms with Crippen molar-refractivity contribution in [3.05, 3.63) is 28.2 Å². The summed E-state index contributed by atoms with van der Waals surface area (Å²) in [6.45, 7) is 4.39. The molecule has 2 aromatic rings. The second-order valence-corrected chi connectivity index (χ2v) is 4.24. The number of rotatable bonds is 2. The van der Waals surface area contributed by atoms with E-state index in [0.29, 0.717) is 17.4 Å². The Balaban J connectivity index is 2.33. The van der Waals surface area contributed by atoms with Crippen LogP contribution in [0, 0.1) is 13.8 Å². The molecule has 6 heteroatoms. The molecule has 86 valence electrons. The third kappa shape index (κ3) is 1.78. The van der Waals surface area contributed by atoms with Gasteiger partial charge >= 0.3 is 0 Å². The highest BCUT2D eigenvalue weighted by atomic mass is 35.5. The SMILES string of the molecule is Cc1cn(Cc2c(Cl)c(C)nn2C)nc1N. The number of halogens is 1. The molecule has 0 radical (unpaired) electrons. The van der Waals surface area contributed by atoms with Crippen LogP contribution in [0.2, 0.25) is 5.02 Å². The van der Waals surface area contributed by atoms with Gasteiger partial charge in [-0.15, -0.1) is 0 Å². The minimum atomic E-state index is 0.551. The van der Waals surface area contributed by atoms with Crippen molar-refractivity contribution < 1.29 is 0 Å². The van der Waals surface area contributed by atoms with Crippen LogP contribution in [0.3, 0.4) is 0 Å². The summed E-state index contributed by atoms with van der Waals surface area (Å²) < 4.78 is 3.54. The molecular formula is C10H14ClN5. The lowest BCUT2D eigenvalue weighted by molar-refractivity contribution is 0.620. The summed E-state index contributed by atoms with van der Waals surface area (Å²) in [7, 11) is 1.87. The normalized spacial score (nSPS) is 11.0. The maximum absolute atomic E-state index is 6.15. The van der Waals surface area contributed by atoms with Crippen molar-refractivity contribution in [2.45, 2.75) is 20.4 Å². The quantitative estimate of drug-likeness (QED) is 0.864. The largest absolute Gasteiger partial charge is 0.382 e. The molecular weight excluding hydrogens is 226 g/mol. The van der Waals surface area contributed by atoms with E-state index in [4.69, 9.17) is 17.3 Å². The Kier molecular flexibility index (Phi) is 2.63. The Morgan fingerprint density at radius 3 is 2.50 bits per heavy atom. The van der Waals surface area contributed by atoms with Crippen molar-refractivity contribution >= 4 is 17.4 Å². The van der Waals surface area contributed by atoms with Crippen molar-refractivity contribution in [3.8, 4) is 0 Å². The molecule has 5 nitrogen and oxygen atoms in total. The van der Waals surface area contributed by atoms with Crippen molar-refractivity contribution in [2.75, 3.05) is 5.73 Å². The van der Waals surface area contributed by atoms with Gasteiger partial charge in [0.1, 0.15) is 5.82 Å². The number of nitrogen functional groups attached to an aromatic ring is 1. The van der Waals surface area contributed by atoms with Crippen LogP contribution in [0.1, 0.15) is 17.0 Å². The maximum Gasteiger partial charge on any atom is 0.148 e. The molecule has 0 aliphatic carbocycles. The van der Waals surface area contributed by atoms with Gasteiger partial charge in [-0.25, -0.2) is 0 Å². The summed E-state index contributed by atoms with van der Waals surface area (Å²) in [5, 5.41) is 9.13. The molecule has 2 heterocycles. The van der Waals surface area contributed by atoms with Gasteiger partial charge in [-0.05, 0) is 13.8 Å². The van der Waals surface area contributed by atoms with E-state index in [1.807, 2.05) is 27.1 Å². The molecule has 2 N–H and O–H groups in total. The Morgan fingerprint density at radius 2 is 2.06 bits per heavy atom. The Labute approximate surface area is 98.8 Å². The van der Waals surface area contributed by atoms with Crippen molar-refractivity contribution in [3.63, 3.8) is 0 Å². The molecule has 0 unspecified atom stereocenters. The van der Waals surface area contributed by atoms with Crippen LogP contribution in [-0.2, 0) is 13.6 Å². The number of hydrogen-bond donors (Lipinski definition) is 1. The van der Waals surface area contributed by atoms with E-state index in [-0.39, 0.29) is 0 Å². The van der Waals surface area contributed by atoms with E-state index in [0.717, 1.165) is 17.0 Å². The highest BCUT2D eigenvalue weighted by molar-refractivity contribution is 6.31. The average molecular weight is 240 g/mol. The molecule has 0 aliphatic heterocycles. The topological polar surface area (TPSA) is 61.7 Å². The maximum atomic E-state index is 6.15. The van der Waals surface area contributed by atoms with Crippen LogP contribution >= 0.6 is 11.6 Å². The molecule has 0 bridgehead atoms. The van der Waals surface area contributed by atoms with Crippen molar-refractivity contribution in [1.82, 2.24) is 19.6 Å². The highest BCUT2D eigenvalue weighted by Crippen LogP contribution is 2.20. The number of nitrogens with two attached hydrogens (primary N) is 1. The molecule has 0 saturated heterocycles. The second kappa shape index (κ2) is 3.83. The Hall–Kier alpha value is -1.49. The fourth-order valence-corrected chi connectivity index (χ4v) is 1.84. The summed E-state index contributed by atoms with van der Waals surface area (Å²) in [5.74, 6) is 0.551. The average Bonchev–Trinajstić information content (AvgIpc) is 2.63. The second-order valence-electron chi connectivity index (χ2n) is 3.86. The highest BCUT2D eigenvalue weighted by Gasteiger charge is 2.12. The summed E-state index contributed by atoms with van der Waals surface area (Å²) >= 11 is 6.15. The smallest absolute Gasteiger partial charge is 0.148 e. The van der Waals surface area contributed by atoms with Crippen LogP contribution in [0.4, 0.5) is 5.82 Å². The van der Waals surface area contributed by atoms with E-state index < -0.39 is 0 Å². The standard InChI is InChI=1S/C10H14ClN5/c1-6-4-16(14-10(6)12)5-8-9(11)7(2)13-15(8)3/h4H,5H2,1-3H3,(H2,12,14). The monoisotopic (exact) mass is 239 g/mol. The van der Waals surface area contributed by atoms with E-state index in [9.17, 15) is 0 Å². The van der Waals surface area contributed by atoms with Gasteiger partial charge < -0.3 is 5.73 Å². The van der Waals surface area contributed by atoms with Crippen LogP contribution in [0.25, 0.3) is 0 Å². The zero-order valence-electron chi connectivity index (χ0n) is 9.53. The molecule has 2 aromatic heterocycles. The van der Waals surface area contributed by atoms with E-state index >= 15 is 0 Å². The zero-order valence-corrected chi connectivity index (χ0v) is 10.3. The first-order chi connectivity index (χ1) is 7.49. The van der Waals surface area contributed by atoms with Gasteiger partial charge in [-0.3, -0.25) is 9.36 Å². The first kappa shape index (κ1) is 11.0. The van der Waals surface area contributed by atoms with E-state index in [1.165, 1.54) is 0 Å². The van der Waals surface area contributed by atoms with Crippen molar-refractivity contribution in [2.24, 2.45) is 7.05 Å². The van der Waals surface area contributed by atoms with E-state index in [1.54, 1.807) is 9.36 Å². The van der Waals surface area contributed by atoms with Gasteiger partial charge in [0, 0.05) is 18.8 Å². The van der Waals surface area contributed by atoms with Crippen LogP contribution in [-0.4, -0.2) is 19.6 Å². The molecule has 16 heavy (non-hydrogen) atoms. The lowest BCUT2D eigenvalue weighted by Gasteiger charge is -2.02. The fraction of sp³-hybridized carbons (Fsp3) is 0.400. The number of aryl methyl sites for hydroxylation is 3. The summed E-state index contributed by atoms with van der Waals surface area (Å²) in [5.41, 5.74) is 8.42. The van der Waals surface area contributed by atoms with Gasteiger partial charge in [0.2, 0.25) is 0 Å². The lowest BCUT2D eigenvalue weighted by Crippen LogP contribution is -2.06. The predicted octanol–water partition coefficient (Wildman–Crippen LogP) is 1.52. The van der Waals surface area contributed by atoms with Gasteiger partial charge in [0.15, 0.2) is 0 Å². The Morgan fingerprint density at radius 1 is 1.38 bits per heavy atom. The minimum absolute atomic E-state index is 0.551. The van der Waals surface area contributed by atoms with Crippen LogP contribution < -0.4 is 5.73 Å². The number of aromatic nitrogens is 4. The first-order valence-corrected chi connectivity index (χ1v) is 5.34. The zero-order chi connectivity index (χ0) is 11.9. The van der Waals surface area contributed by atoms with Gasteiger partial charge in [-0.1, -0.05) is 11.6 Å². The third-order valence-electron chi connectivity index (χ3n) is 2.56. The summed E-state index contributed by atoms with van der Waals surface area (Å²) in [4.78, 5) is 0. The molecule has 0 aliphatic rings. The molecule has 0 aromatic carbocycles. The van der Waals surface area contributed by atoms with E-state index in [2.05, 4.69) is 10.2 Å². The third-order valence-corrected chi connectivity index (χ3v) is 3.05. The predicted molar refractivity (Wildman–Crippen MR) is 63.4 cm³/mol. The van der Waals surface area contributed by atoms with Gasteiger partial charge in [-0.2, -0.15) is 10.2 Å².